The third kappa shape index (κ3) is 3.23. The zero-order valence-corrected chi connectivity index (χ0v) is 13.9. The molecule has 1 heterocycles. The predicted molar refractivity (Wildman–Crippen MR) is 84.9 cm³/mol. The van der Waals surface area contributed by atoms with Gasteiger partial charge in [-0.2, -0.15) is 0 Å². The second kappa shape index (κ2) is 6.62. The Labute approximate surface area is 115 Å². The highest BCUT2D eigenvalue weighted by molar-refractivity contribution is 8.35. The Hall–Kier alpha value is 0.270. The molecule has 0 aromatic heterocycles. The van der Waals surface area contributed by atoms with E-state index < -0.39 is 10.0 Å². The summed E-state index contributed by atoms with van der Waals surface area (Å²) in [4.78, 5) is 0. The van der Waals surface area contributed by atoms with Gasteiger partial charge in [0, 0.05) is 11.8 Å². The van der Waals surface area contributed by atoms with Gasteiger partial charge in [0.1, 0.15) is 0 Å². The molecule has 0 radical (unpaired) electrons. The van der Waals surface area contributed by atoms with Crippen LogP contribution in [-0.4, -0.2) is 45.3 Å². The Morgan fingerprint density at radius 1 is 1.06 bits per heavy atom. The monoisotopic (exact) mass is 275 g/mol. The Balaban J connectivity index is 2.83. The molecule has 0 unspecified atom stereocenters. The van der Waals surface area contributed by atoms with Gasteiger partial charge in [-0.05, 0) is 35.1 Å². The van der Waals surface area contributed by atoms with Crippen LogP contribution in [0.25, 0.3) is 0 Å². The van der Waals surface area contributed by atoms with Gasteiger partial charge in [-0.15, -0.1) is 0 Å². The van der Waals surface area contributed by atoms with Crippen molar-refractivity contribution in [3.05, 3.63) is 0 Å². The molecule has 2 nitrogen and oxygen atoms in total. The lowest BCUT2D eigenvalue weighted by Crippen LogP contribution is -2.43. The molecule has 0 amide bonds. The van der Waals surface area contributed by atoms with Gasteiger partial charge < -0.3 is 10.4 Å². The van der Waals surface area contributed by atoms with Gasteiger partial charge in [0.05, 0.1) is 6.10 Å². The van der Waals surface area contributed by atoms with E-state index in [0.717, 1.165) is 18.7 Å². The molecule has 1 fully saturated rings. The van der Waals surface area contributed by atoms with Gasteiger partial charge in [-0.1, -0.05) is 41.5 Å². The normalized spacial score (nSPS) is 24.2. The van der Waals surface area contributed by atoms with Gasteiger partial charge in [0.15, 0.2) is 0 Å². The van der Waals surface area contributed by atoms with Gasteiger partial charge in [-0.25, -0.2) is 10.0 Å². The molecular weight excluding hydrogens is 242 g/mol. The molecule has 1 saturated heterocycles. The van der Waals surface area contributed by atoms with Crippen LogP contribution in [-0.2, 0) is 0 Å². The van der Waals surface area contributed by atoms with Crippen LogP contribution in [0.2, 0.25) is 0 Å². The molecule has 110 valence electrons. The van der Waals surface area contributed by atoms with E-state index in [1.165, 1.54) is 6.42 Å². The average molecular weight is 276 g/mol. The summed E-state index contributed by atoms with van der Waals surface area (Å²) >= 11 is 0. The molecule has 0 aromatic rings. The predicted octanol–water partition coefficient (Wildman–Crippen LogP) is 3.13. The molecule has 0 bridgehead atoms. The van der Waals surface area contributed by atoms with Crippen molar-refractivity contribution in [2.24, 2.45) is 0 Å². The third-order valence-electron chi connectivity index (χ3n) is 4.66. The standard InChI is InChI=1S/C15H33NOS/c1-11(2)18(12(3)4,13(5)6)10-15(17)14-8-7-9-16-14/h11-17H,7-10H2,1-6H3/t14-,15+/m0/s1. The molecule has 1 aliphatic heterocycles. The van der Waals surface area contributed by atoms with Crippen LogP contribution in [0.15, 0.2) is 0 Å². The highest BCUT2D eigenvalue weighted by Gasteiger charge is 2.38. The largest absolute Gasteiger partial charge is 0.391 e. The molecule has 0 spiro atoms. The molecule has 2 N–H and O–H groups in total. The lowest BCUT2D eigenvalue weighted by molar-refractivity contribution is 0.157. The fourth-order valence-electron chi connectivity index (χ4n) is 3.66. The first kappa shape index (κ1) is 16.3. The summed E-state index contributed by atoms with van der Waals surface area (Å²) in [6, 6.07) is 0.341. The molecule has 2 atom stereocenters. The fraction of sp³-hybridized carbons (Fsp3) is 1.00. The van der Waals surface area contributed by atoms with Crippen molar-refractivity contribution in [2.75, 3.05) is 12.3 Å². The summed E-state index contributed by atoms with van der Waals surface area (Å²) < 4.78 is 0. The van der Waals surface area contributed by atoms with Crippen LogP contribution in [0, 0.1) is 0 Å². The van der Waals surface area contributed by atoms with Crippen LogP contribution in [0.4, 0.5) is 0 Å². The summed E-state index contributed by atoms with van der Waals surface area (Å²) in [7, 11) is -0.773. The molecular formula is C15H33NOS. The van der Waals surface area contributed by atoms with Crippen LogP contribution in [0.1, 0.15) is 54.4 Å². The molecule has 0 aliphatic carbocycles. The van der Waals surface area contributed by atoms with Crippen molar-refractivity contribution in [3.8, 4) is 0 Å². The van der Waals surface area contributed by atoms with E-state index in [0.29, 0.717) is 21.8 Å². The van der Waals surface area contributed by atoms with E-state index in [9.17, 15) is 5.11 Å². The van der Waals surface area contributed by atoms with Crippen molar-refractivity contribution in [3.63, 3.8) is 0 Å². The van der Waals surface area contributed by atoms with E-state index in [1.54, 1.807) is 0 Å². The fourth-order valence-corrected chi connectivity index (χ4v) is 8.91. The highest BCUT2D eigenvalue weighted by Crippen LogP contribution is 2.60. The quantitative estimate of drug-likeness (QED) is 0.780. The summed E-state index contributed by atoms with van der Waals surface area (Å²) in [5, 5.41) is 16.1. The van der Waals surface area contributed by atoms with Crippen molar-refractivity contribution < 1.29 is 5.11 Å². The lowest BCUT2D eigenvalue weighted by atomic mass is 10.1. The first-order chi connectivity index (χ1) is 8.32. The van der Waals surface area contributed by atoms with E-state index >= 15 is 0 Å². The number of rotatable bonds is 6. The molecule has 1 rings (SSSR count). The third-order valence-corrected chi connectivity index (χ3v) is 10.8. The van der Waals surface area contributed by atoms with E-state index in [-0.39, 0.29) is 6.10 Å². The maximum absolute atomic E-state index is 10.6. The Morgan fingerprint density at radius 3 is 1.89 bits per heavy atom. The smallest absolute Gasteiger partial charge is 0.0769 e. The molecule has 18 heavy (non-hydrogen) atoms. The number of aliphatic hydroxyl groups is 1. The van der Waals surface area contributed by atoms with Crippen molar-refractivity contribution in [1.82, 2.24) is 5.32 Å². The van der Waals surface area contributed by atoms with Crippen LogP contribution in [0.5, 0.6) is 0 Å². The van der Waals surface area contributed by atoms with Gasteiger partial charge in [0.25, 0.3) is 0 Å². The van der Waals surface area contributed by atoms with Crippen molar-refractivity contribution in [2.45, 2.75) is 82.3 Å². The van der Waals surface area contributed by atoms with Crippen molar-refractivity contribution >= 4 is 10.0 Å². The summed E-state index contributed by atoms with van der Waals surface area (Å²) in [5.41, 5.74) is 0. The molecule has 0 saturated carbocycles. The highest BCUT2D eigenvalue weighted by atomic mass is 32.3. The van der Waals surface area contributed by atoms with E-state index in [4.69, 9.17) is 0 Å². The number of hydrogen-bond acceptors (Lipinski definition) is 2. The van der Waals surface area contributed by atoms with Crippen LogP contribution < -0.4 is 5.32 Å². The second-order valence-corrected chi connectivity index (χ2v) is 11.5. The maximum atomic E-state index is 10.6. The Kier molecular flexibility index (Phi) is 6.01. The number of nitrogens with one attached hydrogen (secondary N) is 1. The average Bonchev–Trinajstić information content (AvgIpc) is 2.77. The van der Waals surface area contributed by atoms with Crippen molar-refractivity contribution in [1.29, 1.82) is 0 Å². The first-order valence-corrected chi connectivity index (χ1v) is 9.50. The summed E-state index contributed by atoms with van der Waals surface area (Å²) in [5.74, 6) is 1.01. The maximum Gasteiger partial charge on any atom is 0.0769 e. The minimum Gasteiger partial charge on any atom is -0.391 e. The minimum absolute atomic E-state index is 0.158. The Morgan fingerprint density at radius 2 is 1.56 bits per heavy atom. The van der Waals surface area contributed by atoms with E-state index in [2.05, 4.69) is 46.9 Å². The summed E-state index contributed by atoms with van der Waals surface area (Å²) in [6.07, 6.45) is 2.20. The SMILES string of the molecule is CC(C)S(C[C@@H](O)[C@@H]1CCCN1)(C(C)C)C(C)C. The molecule has 3 heteroatoms. The first-order valence-electron chi connectivity index (χ1n) is 7.51. The van der Waals surface area contributed by atoms with Crippen LogP contribution in [0.3, 0.4) is 0 Å². The van der Waals surface area contributed by atoms with Crippen LogP contribution >= 0.6 is 10.0 Å². The minimum atomic E-state index is -0.773. The lowest BCUT2D eigenvalue weighted by Gasteiger charge is -2.53. The number of hydrogen-bond donors (Lipinski definition) is 2. The Bertz CT molecular complexity index is 225. The zero-order chi connectivity index (χ0) is 13.9. The zero-order valence-electron chi connectivity index (χ0n) is 13.1. The van der Waals surface area contributed by atoms with Gasteiger partial charge >= 0.3 is 0 Å². The molecule has 1 aliphatic rings. The van der Waals surface area contributed by atoms with E-state index in [1.807, 2.05) is 0 Å². The number of aliphatic hydroxyl groups excluding tert-OH is 1. The van der Waals surface area contributed by atoms with Gasteiger partial charge in [-0.3, -0.25) is 0 Å². The summed E-state index contributed by atoms with van der Waals surface area (Å²) in [6.45, 7) is 15.2. The van der Waals surface area contributed by atoms with Gasteiger partial charge in [0.2, 0.25) is 0 Å². The topological polar surface area (TPSA) is 32.3 Å². The second-order valence-electron chi connectivity index (χ2n) is 6.49. The molecule has 0 aromatic carbocycles.